The molecule has 9 heteroatoms. The number of carbonyl (C=O) groups is 1. The van der Waals surface area contributed by atoms with E-state index in [1.54, 1.807) is 0 Å². The first-order valence-corrected chi connectivity index (χ1v) is 15.4. The minimum absolute atomic E-state index is 0.0216. The predicted molar refractivity (Wildman–Crippen MR) is 163 cm³/mol. The Hall–Kier alpha value is -3.27. The van der Waals surface area contributed by atoms with E-state index in [0.717, 1.165) is 106 Å². The Morgan fingerprint density at radius 2 is 1.98 bits per heavy atom. The smallest absolute Gasteiger partial charge is 0.306 e. The summed E-state index contributed by atoms with van der Waals surface area (Å²) < 4.78 is 13.6. The van der Waals surface area contributed by atoms with Gasteiger partial charge >= 0.3 is 5.97 Å². The van der Waals surface area contributed by atoms with Crippen LogP contribution in [0, 0.1) is 13.8 Å². The molecule has 5 heterocycles. The van der Waals surface area contributed by atoms with Crippen molar-refractivity contribution < 1.29 is 14.3 Å². The van der Waals surface area contributed by atoms with E-state index in [0.29, 0.717) is 6.42 Å². The molecule has 1 spiro atoms. The van der Waals surface area contributed by atoms with E-state index in [4.69, 9.17) is 14.5 Å². The average Bonchev–Trinajstić information content (AvgIpc) is 3.35. The van der Waals surface area contributed by atoms with Crippen molar-refractivity contribution >= 4 is 11.8 Å². The zero-order valence-electron chi connectivity index (χ0n) is 25.3. The third-order valence-corrected chi connectivity index (χ3v) is 9.15. The summed E-state index contributed by atoms with van der Waals surface area (Å²) in [6.45, 7) is 11.2. The normalized spacial score (nSPS) is 19.7. The molecule has 0 amide bonds. The number of carbonyl (C=O) groups excluding carboxylic acids is 1. The Kier molecular flexibility index (Phi) is 8.60. The van der Waals surface area contributed by atoms with Crippen molar-refractivity contribution in [3.63, 3.8) is 0 Å². The summed E-state index contributed by atoms with van der Waals surface area (Å²) in [6.07, 6.45) is 4.65. The van der Waals surface area contributed by atoms with E-state index in [9.17, 15) is 4.79 Å². The molecule has 2 aromatic heterocycles. The first kappa shape index (κ1) is 28.8. The number of aryl methyl sites for hydroxylation is 3. The molecule has 0 unspecified atom stereocenters. The second-order valence-corrected chi connectivity index (χ2v) is 12.3. The summed E-state index contributed by atoms with van der Waals surface area (Å²) >= 11 is 0. The lowest BCUT2D eigenvalue weighted by atomic mass is 9.88. The van der Waals surface area contributed by atoms with Crippen molar-refractivity contribution in [3.8, 4) is 5.69 Å². The molecular formula is C33H44N6O3. The van der Waals surface area contributed by atoms with Crippen LogP contribution < -0.4 is 5.32 Å². The Morgan fingerprint density at radius 1 is 1.12 bits per heavy atom. The number of hydrogen-bond donors (Lipinski definition) is 1. The van der Waals surface area contributed by atoms with Crippen LogP contribution in [-0.4, -0.2) is 89.1 Å². The van der Waals surface area contributed by atoms with E-state index in [-0.39, 0.29) is 17.5 Å². The van der Waals surface area contributed by atoms with E-state index in [1.807, 2.05) is 11.6 Å². The number of pyridine rings is 1. The Labute approximate surface area is 249 Å². The van der Waals surface area contributed by atoms with E-state index >= 15 is 0 Å². The topological polar surface area (TPSA) is 84.7 Å². The Morgan fingerprint density at radius 3 is 2.76 bits per heavy atom. The number of nitrogens with zero attached hydrogens (tertiary/aromatic N) is 5. The fraction of sp³-hybridized carbons (Fsp3) is 0.545. The number of aromatic nitrogens is 3. The van der Waals surface area contributed by atoms with Crippen LogP contribution in [-0.2, 0) is 27.2 Å². The van der Waals surface area contributed by atoms with Gasteiger partial charge in [0.05, 0.1) is 42.8 Å². The minimum atomic E-state index is -0.182. The fourth-order valence-electron chi connectivity index (χ4n) is 6.87. The number of hydrogen-bond acceptors (Lipinski definition) is 8. The number of piperidine rings is 1. The van der Waals surface area contributed by atoms with Crippen molar-refractivity contribution in [1.29, 1.82) is 0 Å². The number of esters is 1. The second-order valence-electron chi connectivity index (χ2n) is 12.3. The monoisotopic (exact) mass is 572 g/mol. The quantitative estimate of drug-likeness (QED) is 0.401. The number of morpholine rings is 1. The fourth-order valence-corrected chi connectivity index (χ4v) is 6.87. The molecule has 1 aromatic carbocycles. The molecule has 6 rings (SSSR count). The van der Waals surface area contributed by atoms with Gasteiger partial charge in [-0.05, 0) is 74.9 Å². The van der Waals surface area contributed by atoms with Crippen LogP contribution in [0.15, 0.2) is 42.5 Å². The van der Waals surface area contributed by atoms with Crippen molar-refractivity contribution in [2.45, 2.75) is 64.0 Å². The summed E-state index contributed by atoms with van der Waals surface area (Å²) in [4.78, 5) is 22.4. The molecule has 0 aliphatic carbocycles. The van der Waals surface area contributed by atoms with Crippen LogP contribution in [0.25, 0.3) is 5.69 Å². The van der Waals surface area contributed by atoms with Gasteiger partial charge in [0, 0.05) is 57.4 Å². The largest absolute Gasteiger partial charge is 0.469 e. The molecule has 224 valence electrons. The van der Waals surface area contributed by atoms with Crippen molar-refractivity contribution in [2.75, 3.05) is 58.3 Å². The molecule has 1 N–H and O–H groups in total. The summed E-state index contributed by atoms with van der Waals surface area (Å²) in [5.41, 5.74) is 6.57. The maximum atomic E-state index is 12.5. The third-order valence-electron chi connectivity index (χ3n) is 9.15. The minimum Gasteiger partial charge on any atom is -0.469 e. The highest BCUT2D eigenvalue weighted by molar-refractivity contribution is 5.70. The molecule has 2 fully saturated rings. The van der Waals surface area contributed by atoms with Gasteiger partial charge in [0.2, 0.25) is 0 Å². The van der Waals surface area contributed by atoms with Crippen molar-refractivity contribution in [2.24, 2.45) is 0 Å². The first-order chi connectivity index (χ1) is 20.4. The Balaban J connectivity index is 1.11. The van der Waals surface area contributed by atoms with Crippen molar-refractivity contribution in [1.82, 2.24) is 24.6 Å². The van der Waals surface area contributed by atoms with E-state index in [1.165, 1.54) is 19.1 Å². The molecule has 3 aliphatic rings. The van der Waals surface area contributed by atoms with Crippen LogP contribution in [0.2, 0.25) is 0 Å². The van der Waals surface area contributed by atoms with E-state index in [2.05, 4.69) is 69.6 Å². The number of rotatable bonds is 8. The van der Waals surface area contributed by atoms with E-state index < -0.39 is 0 Å². The highest BCUT2D eigenvalue weighted by atomic mass is 16.5. The molecule has 0 saturated carbocycles. The average molecular weight is 573 g/mol. The standard InChI is InChI=1S/C33H44N6O3/c1-24-18-25(2)39(36-24)30-8-4-6-27(19-30)28(20-31(40)41-3)21-38-16-17-42-33(23-38)11-14-37(15-12-33)22-29-10-9-26-7-5-13-34-32(26)35-29/h4,6,8-10,18-19,28H,5,7,11-17,20-23H2,1-3H3,(H,34,35)/t28-/m1/s1. The predicted octanol–water partition coefficient (Wildman–Crippen LogP) is 4.26. The number of fused-ring (bicyclic) bond motifs is 1. The van der Waals surface area contributed by atoms with Gasteiger partial charge in [-0.25, -0.2) is 9.67 Å². The van der Waals surface area contributed by atoms with Gasteiger partial charge in [-0.15, -0.1) is 0 Å². The molecule has 3 aliphatic heterocycles. The van der Waals surface area contributed by atoms with Gasteiger partial charge in [-0.2, -0.15) is 5.10 Å². The molecule has 1 atom stereocenters. The van der Waals surface area contributed by atoms with Crippen LogP contribution in [0.1, 0.15) is 59.8 Å². The summed E-state index contributed by atoms with van der Waals surface area (Å²) in [5, 5.41) is 8.13. The molecule has 9 nitrogen and oxygen atoms in total. The van der Waals surface area contributed by atoms with Crippen LogP contribution in [0.4, 0.5) is 5.82 Å². The van der Waals surface area contributed by atoms with Gasteiger partial charge in [0.25, 0.3) is 0 Å². The summed E-state index contributed by atoms with van der Waals surface area (Å²) in [6, 6.07) is 15.0. The van der Waals surface area contributed by atoms with Gasteiger partial charge < -0.3 is 14.8 Å². The number of ether oxygens (including phenoxy) is 2. The first-order valence-electron chi connectivity index (χ1n) is 15.4. The number of benzene rings is 1. The number of methoxy groups -OCH3 is 1. The highest BCUT2D eigenvalue weighted by Gasteiger charge is 2.40. The van der Waals surface area contributed by atoms with Gasteiger partial charge in [-0.1, -0.05) is 18.2 Å². The molecule has 0 radical (unpaired) electrons. The lowest BCUT2D eigenvalue weighted by molar-refractivity contribution is -0.143. The SMILES string of the molecule is COC(=O)C[C@H](CN1CCOC2(CCN(Cc3ccc4c(n3)NCCC4)CC2)C1)c1cccc(-n2nc(C)cc2C)c1. The third kappa shape index (κ3) is 6.53. The van der Waals surface area contributed by atoms with Crippen LogP contribution >= 0.6 is 0 Å². The maximum absolute atomic E-state index is 12.5. The molecular weight excluding hydrogens is 528 g/mol. The van der Waals surface area contributed by atoms with Gasteiger partial charge in [-0.3, -0.25) is 14.6 Å². The van der Waals surface area contributed by atoms with Crippen LogP contribution in [0.3, 0.4) is 0 Å². The zero-order chi connectivity index (χ0) is 29.1. The van der Waals surface area contributed by atoms with Crippen LogP contribution in [0.5, 0.6) is 0 Å². The number of anilines is 1. The molecule has 42 heavy (non-hydrogen) atoms. The lowest BCUT2D eigenvalue weighted by Crippen LogP contribution is -2.57. The molecule has 2 saturated heterocycles. The van der Waals surface area contributed by atoms with Crippen molar-refractivity contribution in [3.05, 3.63) is 70.7 Å². The number of nitrogens with one attached hydrogen (secondary N) is 1. The molecule has 0 bridgehead atoms. The van der Waals surface area contributed by atoms with Gasteiger partial charge in [0.1, 0.15) is 5.82 Å². The number of likely N-dealkylation sites (tertiary alicyclic amines) is 1. The second kappa shape index (κ2) is 12.5. The zero-order valence-corrected chi connectivity index (χ0v) is 25.3. The summed E-state index contributed by atoms with van der Waals surface area (Å²) in [5.74, 6) is 0.910. The molecule has 3 aromatic rings. The maximum Gasteiger partial charge on any atom is 0.306 e. The highest BCUT2D eigenvalue weighted by Crippen LogP contribution is 2.33. The Bertz CT molecular complexity index is 1400. The summed E-state index contributed by atoms with van der Waals surface area (Å²) in [7, 11) is 1.47. The lowest BCUT2D eigenvalue weighted by Gasteiger charge is -2.48. The van der Waals surface area contributed by atoms with Gasteiger partial charge in [0.15, 0.2) is 0 Å².